The number of hydrogen-bond donors (Lipinski definition) is 1. The van der Waals surface area contributed by atoms with Crippen molar-refractivity contribution >= 4 is 40.1 Å². The van der Waals surface area contributed by atoms with Gasteiger partial charge in [0, 0.05) is 36.2 Å². The van der Waals surface area contributed by atoms with Crippen molar-refractivity contribution in [3.05, 3.63) is 79.7 Å². The van der Waals surface area contributed by atoms with Gasteiger partial charge in [-0.3, -0.25) is 29.4 Å². The quantitative estimate of drug-likeness (QED) is 0.303. The summed E-state index contributed by atoms with van der Waals surface area (Å²) in [7, 11) is 0. The van der Waals surface area contributed by atoms with Gasteiger partial charge in [-0.2, -0.15) is 0 Å². The second-order valence-corrected chi connectivity index (χ2v) is 6.64. The number of imide groups is 1. The minimum absolute atomic E-state index is 0.0607. The van der Waals surface area contributed by atoms with Crippen molar-refractivity contribution in [2.24, 2.45) is 0 Å². The fraction of sp³-hybridized carbons (Fsp3) is 0.100. The maximum atomic E-state index is 12.8. The maximum absolute atomic E-state index is 12.8. The van der Waals surface area contributed by atoms with Crippen LogP contribution >= 0.6 is 0 Å². The molecule has 3 amide bonds. The van der Waals surface area contributed by atoms with E-state index in [-0.39, 0.29) is 29.2 Å². The molecule has 0 spiro atoms. The van der Waals surface area contributed by atoms with Gasteiger partial charge >= 0.3 is 5.63 Å². The molecule has 1 aliphatic rings. The fourth-order valence-electron chi connectivity index (χ4n) is 3.42. The van der Waals surface area contributed by atoms with Gasteiger partial charge in [0.15, 0.2) is 0 Å². The molecule has 0 aliphatic carbocycles. The van der Waals surface area contributed by atoms with Gasteiger partial charge < -0.3 is 9.73 Å². The summed E-state index contributed by atoms with van der Waals surface area (Å²) in [5.74, 6) is -1.80. The average molecular weight is 407 g/mol. The first-order valence-electron chi connectivity index (χ1n) is 8.74. The van der Waals surface area contributed by atoms with Gasteiger partial charge in [-0.15, -0.1) is 0 Å². The summed E-state index contributed by atoms with van der Waals surface area (Å²) < 4.78 is 5.17. The SMILES string of the molecule is CC(=O)Nc1ccc2c(CN3C(=O)c4cccc([N+](=O)[O-])c4C3=O)cc(=O)oc2c1. The average Bonchev–Trinajstić information content (AvgIpc) is 2.92. The van der Waals surface area contributed by atoms with E-state index < -0.39 is 28.1 Å². The Morgan fingerprint density at radius 3 is 2.60 bits per heavy atom. The monoisotopic (exact) mass is 407 g/mol. The van der Waals surface area contributed by atoms with Crippen LogP contribution < -0.4 is 10.9 Å². The van der Waals surface area contributed by atoms with Gasteiger partial charge in [-0.05, 0) is 23.8 Å². The molecule has 0 fully saturated rings. The third kappa shape index (κ3) is 3.09. The zero-order chi connectivity index (χ0) is 21.6. The predicted molar refractivity (Wildman–Crippen MR) is 104 cm³/mol. The number of benzene rings is 2. The predicted octanol–water partition coefficient (Wildman–Crippen LogP) is 2.46. The van der Waals surface area contributed by atoms with Crippen LogP contribution in [0.5, 0.6) is 0 Å². The molecule has 0 saturated heterocycles. The van der Waals surface area contributed by atoms with Gasteiger partial charge in [-0.1, -0.05) is 6.07 Å². The minimum Gasteiger partial charge on any atom is -0.423 e. The van der Waals surface area contributed by atoms with E-state index in [4.69, 9.17) is 4.42 Å². The molecule has 10 nitrogen and oxygen atoms in total. The number of anilines is 1. The second kappa shape index (κ2) is 6.92. The van der Waals surface area contributed by atoms with E-state index in [2.05, 4.69) is 5.32 Å². The third-order valence-electron chi connectivity index (χ3n) is 4.65. The number of nitro groups is 1. The van der Waals surface area contributed by atoms with Crippen molar-refractivity contribution in [3.63, 3.8) is 0 Å². The Morgan fingerprint density at radius 2 is 1.90 bits per heavy atom. The van der Waals surface area contributed by atoms with E-state index in [0.29, 0.717) is 16.6 Å². The van der Waals surface area contributed by atoms with Crippen LogP contribution in [-0.4, -0.2) is 27.5 Å². The fourth-order valence-corrected chi connectivity index (χ4v) is 3.42. The van der Waals surface area contributed by atoms with E-state index in [0.717, 1.165) is 17.0 Å². The first kappa shape index (κ1) is 19.0. The topological polar surface area (TPSA) is 140 Å². The van der Waals surface area contributed by atoms with Crippen LogP contribution in [0.15, 0.2) is 51.7 Å². The van der Waals surface area contributed by atoms with Gasteiger partial charge in [0.1, 0.15) is 11.1 Å². The first-order chi connectivity index (χ1) is 14.3. The van der Waals surface area contributed by atoms with Crippen LogP contribution in [0, 0.1) is 10.1 Å². The molecule has 1 N–H and O–H groups in total. The highest BCUT2D eigenvalue weighted by Gasteiger charge is 2.41. The van der Waals surface area contributed by atoms with E-state index in [1.165, 1.54) is 25.1 Å². The summed E-state index contributed by atoms with van der Waals surface area (Å²) >= 11 is 0. The number of fused-ring (bicyclic) bond motifs is 2. The molecule has 30 heavy (non-hydrogen) atoms. The van der Waals surface area contributed by atoms with Gasteiger partial charge in [0.2, 0.25) is 5.91 Å². The maximum Gasteiger partial charge on any atom is 0.336 e. The van der Waals surface area contributed by atoms with Crippen LogP contribution in [0.2, 0.25) is 0 Å². The summed E-state index contributed by atoms with van der Waals surface area (Å²) in [5, 5.41) is 14.3. The normalized spacial score (nSPS) is 12.9. The highest BCUT2D eigenvalue weighted by molar-refractivity contribution is 6.23. The molecule has 1 aromatic heterocycles. The zero-order valence-corrected chi connectivity index (χ0v) is 15.5. The standard InChI is InChI=1S/C20H13N3O7/c1-10(24)21-12-5-6-13-11(7-17(25)30-16(13)8-12)9-22-19(26)14-3-2-4-15(23(28)29)18(14)20(22)27/h2-8H,9H2,1H3,(H,21,24). The summed E-state index contributed by atoms with van der Waals surface area (Å²) in [6.45, 7) is 1.06. The molecular formula is C20H13N3O7. The molecule has 150 valence electrons. The van der Waals surface area contributed by atoms with Crippen LogP contribution in [0.4, 0.5) is 11.4 Å². The molecule has 0 atom stereocenters. The summed E-state index contributed by atoms with van der Waals surface area (Å²) in [5.41, 5.74) is -0.598. The molecule has 0 radical (unpaired) electrons. The number of nitrogens with one attached hydrogen (secondary N) is 1. The molecule has 10 heteroatoms. The zero-order valence-electron chi connectivity index (χ0n) is 15.5. The van der Waals surface area contributed by atoms with Crippen molar-refractivity contribution in [2.45, 2.75) is 13.5 Å². The number of amides is 3. The van der Waals surface area contributed by atoms with Gasteiger partial charge in [0.25, 0.3) is 17.5 Å². The smallest absolute Gasteiger partial charge is 0.336 e. The number of rotatable bonds is 4. The Bertz CT molecular complexity index is 1330. The lowest BCUT2D eigenvalue weighted by molar-refractivity contribution is -0.385. The highest BCUT2D eigenvalue weighted by atomic mass is 16.6. The summed E-state index contributed by atoms with van der Waals surface area (Å²) in [6, 6.07) is 9.61. The first-order valence-corrected chi connectivity index (χ1v) is 8.74. The van der Waals surface area contributed by atoms with E-state index in [9.17, 15) is 29.3 Å². The number of carbonyl (C=O) groups is 3. The van der Waals surface area contributed by atoms with Crippen molar-refractivity contribution in [1.82, 2.24) is 4.90 Å². The highest BCUT2D eigenvalue weighted by Crippen LogP contribution is 2.32. The molecule has 0 unspecified atom stereocenters. The lowest BCUT2D eigenvalue weighted by Crippen LogP contribution is -2.29. The lowest BCUT2D eigenvalue weighted by atomic mass is 10.1. The number of nitrogens with zero attached hydrogens (tertiary/aromatic N) is 2. The van der Waals surface area contributed by atoms with Crippen LogP contribution in [0.3, 0.4) is 0 Å². The van der Waals surface area contributed by atoms with Crippen molar-refractivity contribution in [3.8, 4) is 0 Å². The van der Waals surface area contributed by atoms with Crippen molar-refractivity contribution in [1.29, 1.82) is 0 Å². The Morgan fingerprint density at radius 1 is 1.13 bits per heavy atom. The Labute approximate surface area is 167 Å². The van der Waals surface area contributed by atoms with E-state index in [1.54, 1.807) is 12.1 Å². The largest absolute Gasteiger partial charge is 0.423 e. The minimum atomic E-state index is -0.807. The summed E-state index contributed by atoms with van der Waals surface area (Å²) in [4.78, 5) is 60.1. The number of hydrogen-bond acceptors (Lipinski definition) is 7. The molecule has 2 heterocycles. The van der Waals surface area contributed by atoms with Crippen LogP contribution in [0.1, 0.15) is 33.2 Å². The lowest BCUT2D eigenvalue weighted by Gasteiger charge is -2.15. The second-order valence-electron chi connectivity index (χ2n) is 6.64. The number of nitro benzene ring substituents is 1. The molecule has 4 rings (SSSR count). The van der Waals surface area contributed by atoms with Gasteiger partial charge in [0.05, 0.1) is 17.0 Å². The van der Waals surface area contributed by atoms with Crippen molar-refractivity contribution < 1.29 is 23.7 Å². The molecule has 0 saturated carbocycles. The van der Waals surface area contributed by atoms with E-state index in [1.807, 2.05) is 0 Å². The van der Waals surface area contributed by atoms with Crippen LogP contribution in [0.25, 0.3) is 11.0 Å². The van der Waals surface area contributed by atoms with Crippen molar-refractivity contribution in [2.75, 3.05) is 5.32 Å². The molecule has 1 aliphatic heterocycles. The van der Waals surface area contributed by atoms with E-state index >= 15 is 0 Å². The third-order valence-corrected chi connectivity index (χ3v) is 4.65. The Balaban J connectivity index is 1.76. The Hall–Kier alpha value is -4.34. The Kier molecular flexibility index (Phi) is 4.38. The molecule has 2 aromatic carbocycles. The van der Waals surface area contributed by atoms with Gasteiger partial charge in [-0.25, -0.2) is 4.79 Å². The summed E-state index contributed by atoms with van der Waals surface area (Å²) in [6.07, 6.45) is 0. The number of carbonyl (C=O) groups excluding carboxylic acids is 3. The van der Waals surface area contributed by atoms with Crippen LogP contribution in [-0.2, 0) is 11.3 Å². The molecule has 3 aromatic rings. The molecular weight excluding hydrogens is 394 g/mol. The molecule has 0 bridgehead atoms.